The molecule has 0 radical (unpaired) electrons. The number of benzene rings is 2. The van der Waals surface area contributed by atoms with Gasteiger partial charge in [0.1, 0.15) is 5.75 Å². The molecule has 0 saturated carbocycles. The zero-order valence-corrected chi connectivity index (χ0v) is 18.1. The molecule has 0 aliphatic carbocycles. The van der Waals surface area contributed by atoms with Crippen LogP contribution in [0.5, 0.6) is 11.5 Å². The minimum absolute atomic E-state index is 0.129. The fraction of sp³-hybridized carbons (Fsp3) is 0.375. The number of piperazine rings is 1. The highest BCUT2D eigenvalue weighted by Gasteiger charge is 2.25. The first-order valence-corrected chi connectivity index (χ1v) is 10.3. The summed E-state index contributed by atoms with van der Waals surface area (Å²) in [7, 11) is 3.04. The molecule has 1 fully saturated rings. The van der Waals surface area contributed by atoms with Gasteiger partial charge in [0, 0.05) is 38.3 Å². The van der Waals surface area contributed by atoms with Gasteiger partial charge in [-0.25, -0.2) is 4.39 Å². The lowest BCUT2D eigenvalue weighted by atomic mass is 10.1. The number of carbonyl (C=O) groups excluding carboxylic acids is 1. The molecule has 6 nitrogen and oxygen atoms in total. The van der Waals surface area contributed by atoms with Crippen molar-refractivity contribution in [3.63, 3.8) is 0 Å². The van der Waals surface area contributed by atoms with Gasteiger partial charge in [0.2, 0.25) is 0 Å². The van der Waals surface area contributed by atoms with E-state index >= 15 is 0 Å². The molecule has 1 unspecified atom stereocenters. The van der Waals surface area contributed by atoms with Gasteiger partial charge in [0.25, 0.3) is 5.91 Å². The molecule has 1 heterocycles. The lowest BCUT2D eigenvalue weighted by molar-refractivity contribution is 0.0244. The molecule has 3 rings (SSSR count). The van der Waals surface area contributed by atoms with E-state index in [9.17, 15) is 9.18 Å². The molecule has 0 N–H and O–H groups in total. The average molecular weight is 429 g/mol. The number of hydrogen-bond donors (Lipinski definition) is 0. The highest BCUT2D eigenvalue weighted by molar-refractivity contribution is 5.94. The Morgan fingerprint density at radius 2 is 1.90 bits per heavy atom. The van der Waals surface area contributed by atoms with Gasteiger partial charge in [-0.1, -0.05) is 18.2 Å². The van der Waals surface area contributed by atoms with Crippen LogP contribution in [0.1, 0.15) is 22.0 Å². The maximum Gasteiger partial charge on any atom is 0.254 e. The van der Waals surface area contributed by atoms with Crippen molar-refractivity contribution in [2.24, 2.45) is 0 Å². The molecule has 2 aromatic rings. The highest BCUT2D eigenvalue weighted by atomic mass is 19.1. The van der Waals surface area contributed by atoms with E-state index in [1.807, 2.05) is 24.3 Å². The first-order valence-electron chi connectivity index (χ1n) is 10.3. The highest BCUT2D eigenvalue weighted by Crippen LogP contribution is 2.24. The van der Waals surface area contributed by atoms with Crippen molar-refractivity contribution in [1.29, 1.82) is 0 Å². The number of halogens is 1. The van der Waals surface area contributed by atoms with Gasteiger partial charge >= 0.3 is 0 Å². The molecule has 31 heavy (non-hydrogen) atoms. The number of hydrogen-bond acceptors (Lipinski definition) is 5. The summed E-state index contributed by atoms with van der Waals surface area (Å²) >= 11 is 0. The van der Waals surface area contributed by atoms with E-state index in [1.54, 1.807) is 24.2 Å². The summed E-state index contributed by atoms with van der Waals surface area (Å²) < 4.78 is 30.2. The number of carbonyl (C=O) groups is 1. The smallest absolute Gasteiger partial charge is 0.254 e. The van der Waals surface area contributed by atoms with Crippen LogP contribution in [0, 0.1) is 5.82 Å². The second-order valence-corrected chi connectivity index (χ2v) is 7.33. The van der Waals surface area contributed by atoms with Crippen molar-refractivity contribution in [3.05, 3.63) is 72.1 Å². The van der Waals surface area contributed by atoms with Crippen molar-refractivity contribution in [1.82, 2.24) is 9.80 Å². The topological polar surface area (TPSA) is 51.2 Å². The number of amides is 1. The third-order valence-electron chi connectivity index (χ3n) is 5.36. The van der Waals surface area contributed by atoms with Gasteiger partial charge in [-0.3, -0.25) is 9.69 Å². The van der Waals surface area contributed by atoms with Crippen LogP contribution in [0.4, 0.5) is 4.39 Å². The molecule has 2 aromatic carbocycles. The summed E-state index contributed by atoms with van der Waals surface area (Å²) in [5.74, 6) is 0.206. The van der Waals surface area contributed by atoms with Crippen LogP contribution >= 0.6 is 0 Å². The average Bonchev–Trinajstić information content (AvgIpc) is 2.81. The first-order chi connectivity index (χ1) is 15.0. The first kappa shape index (κ1) is 22.8. The summed E-state index contributed by atoms with van der Waals surface area (Å²) in [4.78, 5) is 16.8. The summed E-state index contributed by atoms with van der Waals surface area (Å²) in [6, 6.07) is 12.2. The molecule has 1 aliphatic rings. The third-order valence-corrected chi connectivity index (χ3v) is 5.36. The number of nitrogens with zero attached hydrogens (tertiary/aromatic N) is 2. The van der Waals surface area contributed by atoms with E-state index in [0.29, 0.717) is 44.9 Å². The van der Waals surface area contributed by atoms with Crippen molar-refractivity contribution >= 4 is 5.91 Å². The fourth-order valence-electron chi connectivity index (χ4n) is 3.63. The normalized spacial score (nSPS) is 15.4. The lowest BCUT2D eigenvalue weighted by Gasteiger charge is -2.36. The number of rotatable bonds is 9. The molecule has 166 valence electrons. The van der Waals surface area contributed by atoms with E-state index in [4.69, 9.17) is 14.2 Å². The third kappa shape index (κ3) is 5.83. The predicted octanol–water partition coefficient (Wildman–Crippen LogP) is 3.54. The Balaban J connectivity index is 1.61. The van der Waals surface area contributed by atoms with E-state index in [0.717, 1.165) is 11.3 Å². The SMILES string of the molecule is C=CCOC(CN1CCN(C(=O)c2ccc(OC)c(F)c2)CC1)c1cccc(OC)c1. The Labute approximate surface area is 182 Å². The summed E-state index contributed by atoms with van der Waals surface area (Å²) in [6.45, 7) is 7.44. The zero-order chi connectivity index (χ0) is 22.2. The summed E-state index contributed by atoms with van der Waals surface area (Å²) in [6.07, 6.45) is 1.60. The molecule has 1 saturated heterocycles. The largest absolute Gasteiger partial charge is 0.497 e. The van der Waals surface area contributed by atoms with Crippen LogP contribution in [-0.2, 0) is 4.74 Å². The minimum atomic E-state index is -0.535. The monoisotopic (exact) mass is 428 g/mol. The summed E-state index contributed by atoms with van der Waals surface area (Å²) in [5.41, 5.74) is 1.36. The Bertz CT molecular complexity index is 897. The maximum atomic E-state index is 14.0. The zero-order valence-electron chi connectivity index (χ0n) is 18.1. The van der Waals surface area contributed by atoms with Gasteiger partial charge in [0.15, 0.2) is 11.6 Å². The van der Waals surface area contributed by atoms with Gasteiger partial charge in [-0.15, -0.1) is 6.58 Å². The van der Waals surface area contributed by atoms with Gasteiger partial charge in [-0.05, 0) is 35.9 Å². The van der Waals surface area contributed by atoms with Crippen LogP contribution in [0.2, 0.25) is 0 Å². The summed E-state index contributed by atoms with van der Waals surface area (Å²) in [5, 5.41) is 0. The van der Waals surface area contributed by atoms with Crippen LogP contribution in [-0.4, -0.2) is 69.3 Å². The van der Waals surface area contributed by atoms with E-state index in [2.05, 4.69) is 11.5 Å². The predicted molar refractivity (Wildman–Crippen MR) is 117 cm³/mol. The molecule has 0 bridgehead atoms. The Kier molecular flexibility index (Phi) is 8.03. The molecule has 1 atom stereocenters. The standard InChI is InChI=1S/C24H29FN2O4/c1-4-14-31-23(18-6-5-7-20(15-18)29-2)17-26-10-12-27(13-11-26)24(28)19-8-9-22(30-3)21(25)16-19/h4-9,15-16,23H,1,10-14,17H2,2-3H3. The Hall–Kier alpha value is -2.90. The molecular weight excluding hydrogens is 399 g/mol. The maximum absolute atomic E-state index is 14.0. The quantitative estimate of drug-likeness (QED) is 0.572. The van der Waals surface area contributed by atoms with Gasteiger partial charge < -0.3 is 19.1 Å². The van der Waals surface area contributed by atoms with Crippen LogP contribution in [0.25, 0.3) is 0 Å². The van der Waals surface area contributed by atoms with Crippen LogP contribution in [0.3, 0.4) is 0 Å². The second-order valence-electron chi connectivity index (χ2n) is 7.33. The number of ether oxygens (including phenoxy) is 3. The molecule has 7 heteroatoms. The fourth-order valence-corrected chi connectivity index (χ4v) is 3.63. The van der Waals surface area contributed by atoms with Crippen molar-refractivity contribution in [3.8, 4) is 11.5 Å². The van der Waals surface area contributed by atoms with Gasteiger partial charge in [0.05, 0.1) is 26.9 Å². The Morgan fingerprint density at radius 3 is 2.55 bits per heavy atom. The van der Waals surface area contributed by atoms with E-state index in [-0.39, 0.29) is 17.8 Å². The molecular formula is C24H29FN2O4. The van der Waals surface area contributed by atoms with Crippen molar-refractivity contribution in [2.45, 2.75) is 6.10 Å². The van der Waals surface area contributed by atoms with E-state index < -0.39 is 5.82 Å². The Morgan fingerprint density at radius 1 is 1.13 bits per heavy atom. The second kappa shape index (κ2) is 10.9. The molecule has 0 spiro atoms. The molecule has 1 amide bonds. The molecule has 0 aromatic heterocycles. The van der Waals surface area contributed by atoms with Crippen LogP contribution in [0.15, 0.2) is 55.1 Å². The molecule has 1 aliphatic heterocycles. The van der Waals surface area contributed by atoms with Crippen molar-refractivity contribution in [2.75, 3.05) is 53.6 Å². The minimum Gasteiger partial charge on any atom is -0.497 e. The van der Waals surface area contributed by atoms with E-state index in [1.165, 1.54) is 19.2 Å². The van der Waals surface area contributed by atoms with Crippen molar-refractivity contribution < 1.29 is 23.4 Å². The number of methoxy groups -OCH3 is 2. The van der Waals surface area contributed by atoms with Gasteiger partial charge in [-0.2, -0.15) is 0 Å². The lowest BCUT2D eigenvalue weighted by Crippen LogP contribution is -2.49. The van der Waals surface area contributed by atoms with Crippen LogP contribution < -0.4 is 9.47 Å².